The molecule has 0 heterocycles. The first-order valence-electron chi connectivity index (χ1n) is 8.85. The van der Waals surface area contributed by atoms with Crippen LogP contribution in [-0.2, 0) is 20.0 Å². The van der Waals surface area contributed by atoms with Crippen LogP contribution in [0.2, 0.25) is 0 Å². The highest BCUT2D eigenvalue weighted by atomic mass is 79.9. The molecule has 9 nitrogen and oxygen atoms in total. The Kier molecular flexibility index (Phi) is 7.31. The molecule has 34 heavy (non-hydrogen) atoms. The van der Waals surface area contributed by atoms with E-state index < -0.39 is 64.3 Å². The van der Waals surface area contributed by atoms with Crippen LogP contribution in [0.3, 0.4) is 0 Å². The summed E-state index contributed by atoms with van der Waals surface area (Å²) in [6, 6.07) is 6.26. The van der Waals surface area contributed by atoms with Crippen LogP contribution in [0.4, 0.5) is 20.2 Å². The second-order valence-corrected chi connectivity index (χ2v) is 11.6. The zero-order valence-electron chi connectivity index (χ0n) is 16.8. The van der Waals surface area contributed by atoms with Crippen LogP contribution in [0, 0.1) is 11.6 Å². The molecule has 0 spiro atoms. The normalized spacial score (nSPS) is 11.8. The molecule has 0 aromatic heterocycles. The molecule has 0 aliphatic heterocycles. The first-order chi connectivity index (χ1) is 15.7. The van der Waals surface area contributed by atoms with E-state index in [0.717, 1.165) is 37.4 Å². The monoisotopic (exact) mass is 642 g/mol. The number of sulfonamides is 2. The number of phenolic OH excluding ortho intramolecular Hbond substituents is 2. The summed E-state index contributed by atoms with van der Waals surface area (Å²) in [5.41, 5.74) is -1.06. The predicted molar refractivity (Wildman–Crippen MR) is 126 cm³/mol. The van der Waals surface area contributed by atoms with E-state index >= 15 is 0 Å². The Balaban J connectivity index is 2.07. The molecule has 0 unspecified atom stereocenters. The number of ether oxygens (including phenoxy) is 1. The molecule has 0 atom stereocenters. The molecule has 0 amide bonds. The topological polar surface area (TPSA) is 142 Å². The van der Waals surface area contributed by atoms with Crippen molar-refractivity contribution in [2.75, 3.05) is 16.6 Å². The van der Waals surface area contributed by atoms with Crippen molar-refractivity contribution in [2.45, 2.75) is 9.79 Å². The van der Waals surface area contributed by atoms with E-state index in [-0.39, 0.29) is 14.7 Å². The average Bonchev–Trinajstić information content (AvgIpc) is 2.73. The van der Waals surface area contributed by atoms with Crippen LogP contribution in [0.1, 0.15) is 0 Å². The minimum absolute atomic E-state index is 0.107. The molecule has 0 saturated carbocycles. The third-order valence-electron chi connectivity index (χ3n) is 4.26. The van der Waals surface area contributed by atoms with Gasteiger partial charge in [0.05, 0.1) is 23.4 Å². The number of anilines is 2. The van der Waals surface area contributed by atoms with E-state index in [1.54, 1.807) is 0 Å². The Morgan fingerprint density at radius 3 is 1.71 bits per heavy atom. The number of benzene rings is 3. The lowest BCUT2D eigenvalue weighted by Crippen LogP contribution is -2.18. The number of nitrogens with one attached hydrogen (secondary N) is 2. The lowest BCUT2D eigenvalue weighted by atomic mass is 10.3. The van der Waals surface area contributed by atoms with Crippen LogP contribution in [0.15, 0.2) is 61.2 Å². The van der Waals surface area contributed by atoms with Gasteiger partial charge in [-0.3, -0.25) is 9.44 Å². The Bertz CT molecular complexity index is 1450. The van der Waals surface area contributed by atoms with Crippen molar-refractivity contribution in [3.63, 3.8) is 0 Å². The van der Waals surface area contributed by atoms with Crippen molar-refractivity contribution in [3.05, 3.63) is 63.0 Å². The maximum Gasteiger partial charge on any atom is 0.265 e. The van der Waals surface area contributed by atoms with Crippen LogP contribution in [0.5, 0.6) is 17.2 Å². The molecule has 182 valence electrons. The van der Waals surface area contributed by atoms with Crippen molar-refractivity contribution in [1.82, 2.24) is 0 Å². The SMILES string of the molecule is COc1ccc(S(=O)(=O)Nc2c(F)cc(O)cc2Br)cc1S(=O)(=O)Nc1c(F)cc(O)cc1Br. The highest BCUT2D eigenvalue weighted by Gasteiger charge is 2.27. The number of rotatable bonds is 7. The molecular weight excluding hydrogens is 630 g/mol. The summed E-state index contributed by atoms with van der Waals surface area (Å²) >= 11 is 5.88. The third kappa shape index (κ3) is 5.37. The van der Waals surface area contributed by atoms with E-state index in [1.165, 1.54) is 0 Å². The van der Waals surface area contributed by atoms with Crippen molar-refractivity contribution in [1.29, 1.82) is 0 Å². The van der Waals surface area contributed by atoms with Gasteiger partial charge in [0.25, 0.3) is 20.0 Å². The Labute approximate surface area is 209 Å². The van der Waals surface area contributed by atoms with E-state index in [9.17, 15) is 35.8 Å². The summed E-state index contributed by atoms with van der Waals surface area (Å²) in [6.45, 7) is 0. The molecule has 0 fully saturated rings. The average molecular weight is 644 g/mol. The van der Waals surface area contributed by atoms with Crippen LogP contribution < -0.4 is 14.2 Å². The van der Waals surface area contributed by atoms with Gasteiger partial charge in [-0.2, -0.15) is 0 Å². The van der Waals surface area contributed by atoms with Gasteiger partial charge >= 0.3 is 0 Å². The third-order valence-corrected chi connectivity index (χ3v) is 8.23. The van der Waals surface area contributed by atoms with Gasteiger partial charge < -0.3 is 14.9 Å². The Hall–Kier alpha value is -2.62. The number of hydrogen-bond donors (Lipinski definition) is 4. The van der Waals surface area contributed by atoms with E-state index in [0.29, 0.717) is 12.1 Å². The Morgan fingerprint density at radius 2 is 1.26 bits per heavy atom. The molecule has 3 rings (SSSR count). The zero-order chi connectivity index (χ0) is 25.4. The fourth-order valence-electron chi connectivity index (χ4n) is 2.73. The van der Waals surface area contributed by atoms with E-state index in [2.05, 4.69) is 31.9 Å². The van der Waals surface area contributed by atoms with Crippen molar-refractivity contribution >= 4 is 63.3 Å². The lowest BCUT2D eigenvalue weighted by molar-refractivity contribution is 0.402. The largest absolute Gasteiger partial charge is 0.508 e. The van der Waals surface area contributed by atoms with Gasteiger partial charge in [-0.1, -0.05) is 0 Å². The van der Waals surface area contributed by atoms with Crippen LogP contribution >= 0.6 is 31.9 Å². The first kappa shape index (κ1) is 26.0. The summed E-state index contributed by atoms with van der Waals surface area (Å²) in [5, 5.41) is 18.8. The molecule has 3 aromatic rings. The molecule has 0 saturated heterocycles. The second-order valence-electron chi connectivity index (χ2n) is 6.59. The van der Waals surface area contributed by atoms with Gasteiger partial charge in [-0.25, -0.2) is 25.6 Å². The van der Waals surface area contributed by atoms with Gasteiger partial charge in [0.2, 0.25) is 0 Å². The molecule has 0 aliphatic carbocycles. The highest BCUT2D eigenvalue weighted by molar-refractivity contribution is 9.11. The first-order valence-corrected chi connectivity index (χ1v) is 13.4. The minimum Gasteiger partial charge on any atom is -0.508 e. The van der Waals surface area contributed by atoms with Crippen molar-refractivity contribution in [2.24, 2.45) is 0 Å². The molecule has 0 bridgehead atoms. The highest BCUT2D eigenvalue weighted by Crippen LogP contribution is 2.36. The van der Waals surface area contributed by atoms with Crippen molar-refractivity contribution < 1.29 is 40.6 Å². The smallest absolute Gasteiger partial charge is 0.265 e. The van der Waals surface area contributed by atoms with Gasteiger partial charge in [0.1, 0.15) is 22.1 Å². The number of halogens is 4. The molecule has 15 heteroatoms. The van der Waals surface area contributed by atoms with Crippen LogP contribution in [0.25, 0.3) is 0 Å². The molecule has 3 aromatic carbocycles. The van der Waals surface area contributed by atoms with Gasteiger partial charge in [-0.15, -0.1) is 0 Å². The fourth-order valence-corrected chi connectivity index (χ4v) is 6.51. The van der Waals surface area contributed by atoms with E-state index in [1.807, 2.05) is 9.44 Å². The summed E-state index contributed by atoms with van der Waals surface area (Å²) < 4.78 is 88.9. The summed E-state index contributed by atoms with van der Waals surface area (Å²) in [4.78, 5) is -1.25. The predicted octanol–water partition coefficient (Wildman–Crippen LogP) is 4.51. The second kappa shape index (κ2) is 9.56. The quantitative estimate of drug-likeness (QED) is 0.278. The van der Waals surface area contributed by atoms with Gasteiger partial charge in [-0.05, 0) is 62.2 Å². The molecule has 0 aliphatic rings. The van der Waals surface area contributed by atoms with Gasteiger partial charge in [0.15, 0.2) is 11.6 Å². The molecular formula is C19H14Br2F2N2O7S2. The van der Waals surface area contributed by atoms with Crippen molar-refractivity contribution in [3.8, 4) is 17.2 Å². The molecule has 0 radical (unpaired) electrons. The van der Waals surface area contributed by atoms with Crippen LogP contribution in [-0.4, -0.2) is 34.2 Å². The maximum atomic E-state index is 14.2. The van der Waals surface area contributed by atoms with Gasteiger partial charge in [0, 0.05) is 21.1 Å². The fraction of sp³-hybridized carbons (Fsp3) is 0.0526. The summed E-state index contributed by atoms with van der Waals surface area (Å²) in [6.07, 6.45) is 0. The maximum absolute atomic E-state index is 14.2. The zero-order valence-corrected chi connectivity index (χ0v) is 21.6. The number of methoxy groups -OCH3 is 1. The number of hydrogen-bond acceptors (Lipinski definition) is 7. The van der Waals surface area contributed by atoms with E-state index in [4.69, 9.17) is 4.74 Å². The Morgan fingerprint density at radius 1 is 0.794 bits per heavy atom. The standard InChI is InChI=1S/C19H14Br2F2N2O7S2/c1-32-16-3-2-11(33(28,29)24-18-12(20)4-9(26)6-14(18)22)8-17(16)34(30,31)25-19-13(21)5-10(27)7-15(19)23/h2-8,24-27H,1H3. The number of phenols is 2. The minimum atomic E-state index is -4.63. The molecule has 4 N–H and O–H groups in total. The summed E-state index contributed by atoms with van der Waals surface area (Å²) in [7, 11) is -8.03. The summed E-state index contributed by atoms with van der Waals surface area (Å²) in [5.74, 6) is -3.38. The number of aromatic hydroxyl groups is 2. The lowest BCUT2D eigenvalue weighted by Gasteiger charge is -2.16.